The Kier molecular flexibility index (Phi) is 5.90. The summed E-state index contributed by atoms with van der Waals surface area (Å²) in [5, 5.41) is 10.9. The van der Waals surface area contributed by atoms with Crippen molar-refractivity contribution in [1.29, 1.82) is 0 Å². The molecule has 1 aliphatic rings. The molecule has 3 heterocycles. The molecule has 1 amide bonds. The van der Waals surface area contributed by atoms with E-state index in [9.17, 15) is 13.2 Å². The monoisotopic (exact) mass is 409 g/mol. The van der Waals surface area contributed by atoms with Crippen molar-refractivity contribution >= 4 is 21.7 Å². The third-order valence-corrected chi connectivity index (χ3v) is 7.36. The number of piperidine rings is 1. The number of hydrogen-bond donors (Lipinski definition) is 1. The Bertz CT molecular complexity index is 930. The van der Waals surface area contributed by atoms with Crippen molar-refractivity contribution in [3.8, 4) is 0 Å². The van der Waals surface area contributed by atoms with E-state index in [0.717, 1.165) is 6.42 Å². The quantitative estimate of drug-likeness (QED) is 0.785. The van der Waals surface area contributed by atoms with Gasteiger partial charge in [-0.15, -0.1) is 0 Å². The average molecular weight is 410 g/mol. The first kappa shape index (κ1) is 20.5. The third-order valence-electron chi connectivity index (χ3n) is 5.25. The van der Waals surface area contributed by atoms with E-state index < -0.39 is 15.9 Å². The summed E-state index contributed by atoms with van der Waals surface area (Å²) in [7, 11) is -3.75. The van der Waals surface area contributed by atoms with Crippen LogP contribution in [0, 0.1) is 19.8 Å². The number of nitrogens with zero attached hydrogens (tertiary/aromatic N) is 4. The van der Waals surface area contributed by atoms with E-state index >= 15 is 0 Å². The summed E-state index contributed by atoms with van der Waals surface area (Å²) in [6, 6.07) is 1.92. The second-order valence-electron chi connectivity index (χ2n) is 7.26. The van der Waals surface area contributed by atoms with Crippen molar-refractivity contribution in [3.05, 3.63) is 23.7 Å². The van der Waals surface area contributed by atoms with E-state index in [2.05, 4.69) is 22.5 Å². The van der Waals surface area contributed by atoms with E-state index in [4.69, 9.17) is 4.52 Å². The lowest BCUT2D eigenvalue weighted by molar-refractivity contribution is -0.120. The molecule has 2 unspecified atom stereocenters. The molecule has 10 heteroatoms. The fraction of sp³-hybridized carbons (Fsp3) is 0.611. The third kappa shape index (κ3) is 3.83. The number of rotatable bonds is 6. The maximum atomic E-state index is 13.0. The fourth-order valence-corrected chi connectivity index (χ4v) is 5.33. The molecule has 0 aromatic carbocycles. The molecule has 0 spiro atoms. The van der Waals surface area contributed by atoms with Crippen molar-refractivity contribution in [2.75, 3.05) is 18.4 Å². The number of hydrogen-bond acceptors (Lipinski definition) is 6. The zero-order valence-electron chi connectivity index (χ0n) is 16.7. The number of anilines is 1. The lowest BCUT2D eigenvalue weighted by Crippen LogP contribution is -2.44. The predicted octanol–water partition coefficient (Wildman–Crippen LogP) is 2.50. The number of carbonyl (C=O) groups excluding carboxylic acids is 1. The van der Waals surface area contributed by atoms with Gasteiger partial charge in [0.05, 0.1) is 18.2 Å². The Morgan fingerprint density at radius 3 is 2.82 bits per heavy atom. The van der Waals surface area contributed by atoms with Crippen LogP contribution in [0.4, 0.5) is 5.82 Å². The maximum absolute atomic E-state index is 13.0. The predicted molar refractivity (Wildman–Crippen MR) is 103 cm³/mol. The minimum Gasteiger partial charge on any atom is -0.360 e. The van der Waals surface area contributed by atoms with Crippen molar-refractivity contribution in [1.82, 2.24) is 19.2 Å². The summed E-state index contributed by atoms with van der Waals surface area (Å²) in [5.41, 5.74) is 0.335. The average Bonchev–Trinajstić information content (AvgIpc) is 3.27. The molecule has 0 saturated carbocycles. The molecule has 28 heavy (non-hydrogen) atoms. The van der Waals surface area contributed by atoms with Gasteiger partial charge in [-0.1, -0.05) is 12.1 Å². The molecule has 3 rings (SSSR count). The fourth-order valence-electron chi connectivity index (χ4n) is 3.51. The summed E-state index contributed by atoms with van der Waals surface area (Å²) in [6.07, 6.45) is 3.79. The zero-order chi connectivity index (χ0) is 20.5. The van der Waals surface area contributed by atoms with E-state index in [1.807, 2.05) is 6.92 Å². The highest BCUT2D eigenvalue weighted by molar-refractivity contribution is 7.89. The highest BCUT2D eigenvalue weighted by Gasteiger charge is 2.36. The number of sulfonamides is 1. The number of amides is 1. The van der Waals surface area contributed by atoms with Crippen LogP contribution in [0.2, 0.25) is 0 Å². The molecule has 1 aliphatic heterocycles. The minimum absolute atomic E-state index is 0.100. The molecule has 0 aliphatic carbocycles. The molecule has 1 N–H and O–H groups in total. The lowest BCUT2D eigenvalue weighted by atomic mass is 9.99. The Hall–Kier alpha value is -2.20. The molecule has 0 bridgehead atoms. The van der Waals surface area contributed by atoms with Crippen molar-refractivity contribution in [3.63, 3.8) is 0 Å². The van der Waals surface area contributed by atoms with Crippen LogP contribution in [-0.2, 0) is 14.8 Å². The first-order valence-corrected chi connectivity index (χ1v) is 11.0. The molecule has 154 valence electrons. The summed E-state index contributed by atoms with van der Waals surface area (Å²) >= 11 is 0. The van der Waals surface area contributed by atoms with Gasteiger partial charge in [-0.2, -0.15) is 9.40 Å². The smallest absolute Gasteiger partial charge is 0.248 e. The van der Waals surface area contributed by atoms with Crippen molar-refractivity contribution in [2.24, 2.45) is 5.92 Å². The molecular weight excluding hydrogens is 382 g/mol. The molecule has 1 fully saturated rings. The minimum atomic E-state index is -3.75. The first-order valence-electron chi connectivity index (χ1n) is 9.53. The Balaban J connectivity index is 1.75. The summed E-state index contributed by atoms with van der Waals surface area (Å²) in [5.74, 6) is 0.277. The van der Waals surface area contributed by atoms with Crippen LogP contribution in [0.5, 0.6) is 0 Å². The van der Waals surface area contributed by atoms with Gasteiger partial charge in [-0.05, 0) is 40.0 Å². The van der Waals surface area contributed by atoms with Gasteiger partial charge in [-0.3, -0.25) is 4.79 Å². The first-order chi connectivity index (χ1) is 13.3. The van der Waals surface area contributed by atoms with Crippen LogP contribution in [0.15, 0.2) is 21.7 Å². The topological polar surface area (TPSA) is 110 Å². The van der Waals surface area contributed by atoms with E-state index in [-0.39, 0.29) is 29.1 Å². The molecule has 9 nitrogen and oxygen atoms in total. The molecule has 2 aromatic rings. The van der Waals surface area contributed by atoms with Gasteiger partial charge < -0.3 is 9.84 Å². The van der Waals surface area contributed by atoms with Gasteiger partial charge in [0, 0.05) is 19.2 Å². The molecule has 2 atom stereocenters. The number of aryl methyl sites for hydroxylation is 2. The largest absolute Gasteiger partial charge is 0.360 e. The van der Waals surface area contributed by atoms with Gasteiger partial charge in [0.15, 0.2) is 5.76 Å². The van der Waals surface area contributed by atoms with Crippen molar-refractivity contribution in [2.45, 2.75) is 57.9 Å². The normalized spacial score (nSPS) is 19.5. The van der Waals surface area contributed by atoms with Crippen LogP contribution in [0.1, 0.15) is 50.6 Å². The second kappa shape index (κ2) is 8.04. The van der Waals surface area contributed by atoms with Gasteiger partial charge in [0.25, 0.3) is 0 Å². The standard InChI is InChI=1S/C18H27N5O4S/c1-5-12(2)23-16(8-9-19-23)20-18(24)15-7-6-10-22(11-15)28(25,26)17-13(3)21-27-14(17)4/h8-9,12,15H,5-7,10-11H2,1-4H3,(H,20,24). The van der Waals surface area contributed by atoms with E-state index in [1.165, 1.54) is 4.31 Å². The second-order valence-corrected chi connectivity index (χ2v) is 9.14. The van der Waals surface area contributed by atoms with Gasteiger partial charge in [0.1, 0.15) is 16.4 Å². The Labute approximate surface area is 165 Å². The summed E-state index contributed by atoms with van der Waals surface area (Å²) in [6.45, 7) is 7.78. The number of carbonyl (C=O) groups is 1. The molecule has 1 saturated heterocycles. The van der Waals surface area contributed by atoms with Gasteiger partial charge >= 0.3 is 0 Å². The number of nitrogens with one attached hydrogen (secondary N) is 1. The Morgan fingerprint density at radius 2 is 2.18 bits per heavy atom. The summed E-state index contributed by atoms with van der Waals surface area (Å²) in [4.78, 5) is 12.9. The zero-order valence-corrected chi connectivity index (χ0v) is 17.5. The number of aromatic nitrogens is 3. The SMILES string of the molecule is CCC(C)n1nccc1NC(=O)C1CCCN(S(=O)(=O)c2c(C)noc2C)C1. The van der Waals surface area contributed by atoms with Crippen molar-refractivity contribution < 1.29 is 17.7 Å². The highest BCUT2D eigenvalue weighted by atomic mass is 32.2. The van der Waals surface area contributed by atoms with Crippen LogP contribution in [0.25, 0.3) is 0 Å². The van der Waals surface area contributed by atoms with Crippen LogP contribution >= 0.6 is 0 Å². The lowest BCUT2D eigenvalue weighted by Gasteiger charge is -2.31. The molecular formula is C18H27N5O4S. The Morgan fingerprint density at radius 1 is 1.43 bits per heavy atom. The van der Waals surface area contributed by atoms with E-state index in [0.29, 0.717) is 30.9 Å². The molecule has 0 radical (unpaired) electrons. The van der Waals surface area contributed by atoms with Crippen LogP contribution < -0.4 is 5.32 Å². The van der Waals surface area contributed by atoms with Crippen LogP contribution in [-0.4, -0.2) is 46.7 Å². The summed E-state index contributed by atoms with van der Waals surface area (Å²) < 4.78 is 34.2. The highest BCUT2D eigenvalue weighted by Crippen LogP contribution is 2.28. The molecule has 2 aromatic heterocycles. The van der Waals surface area contributed by atoms with Gasteiger partial charge in [-0.25, -0.2) is 13.1 Å². The van der Waals surface area contributed by atoms with Gasteiger partial charge in [0.2, 0.25) is 15.9 Å². The van der Waals surface area contributed by atoms with E-state index in [1.54, 1.807) is 30.8 Å². The maximum Gasteiger partial charge on any atom is 0.248 e. The van der Waals surface area contributed by atoms with Crippen LogP contribution in [0.3, 0.4) is 0 Å².